The van der Waals surface area contributed by atoms with Crippen LogP contribution >= 0.6 is 0 Å². The lowest BCUT2D eigenvalue weighted by Gasteiger charge is -2.62. The fraction of sp³-hybridized carbons (Fsp3) is 1.00. The van der Waals surface area contributed by atoms with Crippen LogP contribution in [0.25, 0.3) is 0 Å². The van der Waals surface area contributed by atoms with E-state index in [-0.39, 0.29) is 59.7 Å². The van der Waals surface area contributed by atoms with Crippen LogP contribution in [0, 0.1) is 52.3 Å². The molecule has 0 bridgehead atoms. The third-order valence-electron chi connectivity index (χ3n) is 18.1. The van der Waals surface area contributed by atoms with Gasteiger partial charge < -0.3 is 99.5 Å². The molecule has 0 amide bonds. The van der Waals surface area contributed by atoms with Gasteiger partial charge in [-0.2, -0.15) is 0 Å². The smallest absolute Gasteiger partial charge is 0.187 e. The first kappa shape index (κ1) is 50.6. The van der Waals surface area contributed by atoms with Gasteiger partial charge in [-0.15, -0.1) is 0 Å². The molecule has 65 heavy (non-hydrogen) atoms. The summed E-state index contributed by atoms with van der Waals surface area (Å²) in [4.78, 5) is 0. The van der Waals surface area contributed by atoms with E-state index in [1.54, 1.807) is 0 Å². The van der Waals surface area contributed by atoms with Crippen LogP contribution in [0.15, 0.2) is 0 Å². The first-order chi connectivity index (χ1) is 30.7. The molecule has 0 spiro atoms. The van der Waals surface area contributed by atoms with Gasteiger partial charge in [-0.25, -0.2) is 0 Å². The van der Waals surface area contributed by atoms with Crippen molar-refractivity contribution in [2.75, 3.05) is 26.4 Å². The zero-order chi connectivity index (χ0) is 47.1. The molecule has 4 saturated carbocycles. The quantitative estimate of drug-likeness (QED) is 0.0829. The average molecular weight is 937 g/mol. The molecule has 376 valence electrons. The van der Waals surface area contributed by atoms with Gasteiger partial charge in [0.2, 0.25) is 0 Å². The maximum Gasteiger partial charge on any atom is 0.187 e. The van der Waals surface area contributed by atoms with E-state index in [2.05, 4.69) is 13.8 Å². The van der Waals surface area contributed by atoms with Crippen LogP contribution in [0.5, 0.6) is 0 Å². The molecule has 0 aromatic carbocycles. The lowest BCUT2D eigenvalue weighted by molar-refractivity contribution is -0.373. The van der Waals surface area contributed by atoms with Crippen LogP contribution in [0.3, 0.4) is 0 Å². The molecule has 8 rings (SSSR count). The molecule has 0 aromatic rings. The zero-order valence-corrected chi connectivity index (χ0v) is 37.8. The topological polar surface area (TPSA) is 328 Å². The minimum absolute atomic E-state index is 0.0750. The predicted octanol–water partition coefficient (Wildman–Crippen LogP) is -2.81. The number of ether oxygens (including phenoxy) is 7. The van der Waals surface area contributed by atoms with E-state index < -0.39 is 129 Å². The summed E-state index contributed by atoms with van der Waals surface area (Å²) in [6.07, 6.45) is -17.3. The van der Waals surface area contributed by atoms with E-state index >= 15 is 0 Å². The lowest BCUT2D eigenvalue weighted by Crippen LogP contribution is -2.65. The molecule has 13 N–H and O–H groups in total. The van der Waals surface area contributed by atoms with E-state index in [9.17, 15) is 66.4 Å². The standard InChI is InChI=1S/C45H76O20/c1-18(17-59-40-37(56)34(53)31(50)26(14-46)61-40)7-10-45(58)19(2)30-25(65-45)12-24-22-6-5-20-11-21(8-9-43(20,3)23(22)13-29(49)44(24,30)4)60-42-39(36(55)33(52)28(16-48)63-42)64-41-38(57)35(54)32(51)27(15-47)62-41/h18-42,46-58H,5-17H2,1-4H3/t18-,19+,20-,21+,22-,23+,24+,25+,26-,27-,28-,29-,30+,31-,32-,33+,34+,35+,36+,37-,38-,39-,40-,41+,42-,43+,44-,45-/m1/s1. The number of rotatable bonds is 13. The van der Waals surface area contributed by atoms with E-state index in [0.717, 1.165) is 25.7 Å². The lowest BCUT2D eigenvalue weighted by atomic mass is 9.43. The molecule has 8 fully saturated rings. The number of hydrogen-bond acceptors (Lipinski definition) is 20. The van der Waals surface area contributed by atoms with Crippen molar-refractivity contribution < 1.29 is 99.5 Å². The summed E-state index contributed by atoms with van der Waals surface area (Å²) >= 11 is 0. The Kier molecular flexibility index (Phi) is 15.1. The second-order valence-electron chi connectivity index (χ2n) is 21.5. The summed E-state index contributed by atoms with van der Waals surface area (Å²) in [6, 6.07) is 0. The highest BCUT2D eigenvalue weighted by molar-refractivity contribution is 5.17. The van der Waals surface area contributed by atoms with Crippen molar-refractivity contribution in [1.29, 1.82) is 0 Å². The number of aliphatic hydroxyl groups is 13. The summed E-state index contributed by atoms with van der Waals surface area (Å²) in [7, 11) is 0. The molecule has 20 heteroatoms. The highest BCUT2D eigenvalue weighted by atomic mass is 16.8. The average Bonchev–Trinajstić information content (AvgIpc) is 3.73. The highest BCUT2D eigenvalue weighted by Gasteiger charge is 2.71. The van der Waals surface area contributed by atoms with Crippen molar-refractivity contribution in [3.05, 3.63) is 0 Å². The maximum atomic E-state index is 12.3. The van der Waals surface area contributed by atoms with Crippen molar-refractivity contribution in [1.82, 2.24) is 0 Å². The van der Waals surface area contributed by atoms with Gasteiger partial charge in [-0.05, 0) is 86.4 Å². The normalized spacial score (nSPS) is 56.1. The second-order valence-corrected chi connectivity index (χ2v) is 21.5. The Balaban J connectivity index is 0.886. The van der Waals surface area contributed by atoms with E-state index in [1.807, 2.05) is 13.8 Å². The van der Waals surface area contributed by atoms with Crippen molar-refractivity contribution >= 4 is 0 Å². The minimum atomic E-state index is -1.77. The summed E-state index contributed by atoms with van der Waals surface area (Å²) in [6.45, 7) is 6.70. The first-order valence-electron chi connectivity index (χ1n) is 24.0. The Hall–Kier alpha value is -0.800. The fourth-order valence-corrected chi connectivity index (χ4v) is 14.1. The Morgan fingerprint density at radius 3 is 1.86 bits per heavy atom. The van der Waals surface area contributed by atoms with Crippen LogP contribution in [-0.4, -0.2) is 209 Å². The van der Waals surface area contributed by atoms with Gasteiger partial charge in [0, 0.05) is 23.7 Å². The SMILES string of the molecule is C[C@H](CC[C@@]1(O)O[C@H]2C[C@H]3[C@@H]4CC[C@@H]5C[C@@H](O[C@@H]6O[C@H](CO)[C@H](O)[C@H](O)[C@H]6O[C@@H]6O[C@H](CO)[C@@H](O)[C@H](O)[C@H]6O)CC[C@]5(C)[C@H]4C[C@@H](O)[C@]3(C)[C@H]2[C@@H]1C)CO[C@@H]1O[C@H](CO)[C@@H](O)[C@H](O)[C@H]1O. The zero-order valence-electron chi connectivity index (χ0n) is 37.8. The van der Waals surface area contributed by atoms with Crippen LogP contribution in [0.2, 0.25) is 0 Å². The van der Waals surface area contributed by atoms with Gasteiger partial charge in [-0.1, -0.05) is 27.7 Å². The molecule has 4 saturated heterocycles. The van der Waals surface area contributed by atoms with Crippen molar-refractivity contribution in [3.63, 3.8) is 0 Å². The molecule has 4 aliphatic heterocycles. The third kappa shape index (κ3) is 8.78. The first-order valence-corrected chi connectivity index (χ1v) is 24.0. The summed E-state index contributed by atoms with van der Waals surface area (Å²) < 4.78 is 41.8. The van der Waals surface area contributed by atoms with E-state index in [4.69, 9.17) is 33.2 Å². The summed E-state index contributed by atoms with van der Waals surface area (Å²) in [5.41, 5.74) is -0.618. The van der Waals surface area contributed by atoms with Crippen LogP contribution in [0.4, 0.5) is 0 Å². The Bertz CT molecular complexity index is 1600. The molecule has 28 atom stereocenters. The molecule has 0 unspecified atom stereocenters. The van der Waals surface area contributed by atoms with Gasteiger partial charge in [-0.3, -0.25) is 0 Å². The second kappa shape index (κ2) is 19.4. The van der Waals surface area contributed by atoms with Crippen LogP contribution in [0.1, 0.15) is 85.5 Å². The molecule has 0 aromatic heterocycles. The van der Waals surface area contributed by atoms with E-state index in [1.165, 1.54) is 0 Å². The number of hydrogen-bond donors (Lipinski definition) is 13. The number of aliphatic hydroxyl groups excluding tert-OH is 12. The predicted molar refractivity (Wildman–Crippen MR) is 220 cm³/mol. The fourth-order valence-electron chi connectivity index (χ4n) is 14.1. The highest BCUT2D eigenvalue weighted by Crippen LogP contribution is 2.71. The van der Waals surface area contributed by atoms with Gasteiger partial charge in [0.25, 0.3) is 0 Å². The van der Waals surface area contributed by atoms with E-state index in [0.29, 0.717) is 38.0 Å². The van der Waals surface area contributed by atoms with Gasteiger partial charge in [0.1, 0.15) is 73.2 Å². The molecule has 8 aliphatic rings. The largest absolute Gasteiger partial charge is 0.394 e. The Morgan fingerprint density at radius 1 is 0.646 bits per heavy atom. The summed E-state index contributed by atoms with van der Waals surface area (Å²) in [5, 5.41) is 137. The van der Waals surface area contributed by atoms with Crippen LogP contribution in [-0.2, 0) is 33.2 Å². The van der Waals surface area contributed by atoms with Crippen molar-refractivity contribution in [2.45, 2.75) is 202 Å². The minimum Gasteiger partial charge on any atom is -0.394 e. The van der Waals surface area contributed by atoms with Gasteiger partial charge in [0.15, 0.2) is 24.7 Å². The van der Waals surface area contributed by atoms with Crippen LogP contribution < -0.4 is 0 Å². The Morgan fingerprint density at radius 2 is 1.23 bits per heavy atom. The maximum absolute atomic E-state index is 12.3. The number of fused-ring (bicyclic) bond motifs is 7. The Labute approximate surface area is 379 Å². The van der Waals surface area contributed by atoms with Gasteiger partial charge >= 0.3 is 0 Å². The van der Waals surface area contributed by atoms with Crippen molar-refractivity contribution in [2.24, 2.45) is 52.3 Å². The molecule has 20 nitrogen and oxygen atoms in total. The summed E-state index contributed by atoms with van der Waals surface area (Å²) in [5.74, 6) is -0.943. The molecular formula is C45H76O20. The monoisotopic (exact) mass is 936 g/mol. The molecule has 4 aliphatic carbocycles. The van der Waals surface area contributed by atoms with Crippen molar-refractivity contribution in [3.8, 4) is 0 Å². The van der Waals surface area contributed by atoms with Gasteiger partial charge in [0.05, 0.1) is 44.7 Å². The molecular weight excluding hydrogens is 860 g/mol. The molecule has 0 radical (unpaired) electrons. The third-order valence-corrected chi connectivity index (χ3v) is 18.1. The molecule has 4 heterocycles.